The zero-order chi connectivity index (χ0) is 21.5. The fraction of sp³-hybridized carbons (Fsp3) is 0.304. The highest BCUT2D eigenvalue weighted by atomic mass is 16.5. The molecule has 1 N–H and O–H groups in total. The predicted octanol–water partition coefficient (Wildman–Crippen LogP) is 3.78. The van der Waals surface area contributed by atoms with Crippen molar-refractivity contribution in [3.63, 3.8) is 0 Å². The van der Waals surface area contributed by atoms with Gasteiger partial charge in [0.25, 0.3) is 5.91 Å². The van der Waals surface area contributed by atoms with E-state index in [0.717, 1.165) is 16.5 Å². The van der Waals surface area contributed by atoms with Gasteiger partial charge >= 0.3 is 5.97 Å². The van der Waals surface area contributed by atoms with E-state index in [1.807, 2.05) is 56.3 Å². The lowest BCUT2D eigenvalue weighted by molar-refractivity contribution is -0.134. The highest BCUT2D eigenvalue weighted by molar-refractivity contribution is 6.04. The molecule has 0 fully saturated rings. The van der Waals surface area contributed by atoms with Crippen LogP contribution in [0.15, 0.2) is 48.7 Å². The largest absolute Gasteiger partial charge is 0.493 e. The first-order valence-electron chi connectivity index (χ1n) is 9.88. The number of methoxy groups -OCH3 is 1. The molecule has 0 unspecified atom stereocenters. The van der Waals surface area contributed by atoms with Crippen molar-refractivity contribution in [2.45, 2.75) is 20.4 Å². The number of esters is 1. The van der Waals surface area contributed by atoms with Crippen molar-refractivity contribution in [3.05, 3.63) is 59.8 Å². The molecule has 1 amide bonds. The van der Waals surface area contributed by atoms with Gasteiger partial charge in [-0.15, -0.1) is 0 Å². The summed E-state index contributed by atoms with van der Waals surface area (Å²) in [5.41, 5.74) is 2.15. The molecule has 3 aromatic rings. The predicted molar refractivity (Wildman–Crippen MR) is 114 cm³/mol. The molecular weight excluding hydrogens is 384 g/mol. The Balaban J connectivity index is 1.63. The first-order valence-corrected chi connectivity index (χ1v) is 9.88. The van der Waals surface area contributed by atoms with Crippen LogP contribution in [0.25, 0.3) is 10.9 Å². The topological polar surface area (TPSA) is 80.9 Å². The minimum Gasteiger partial charge on any atom is -0.493 e. The minimum absolute atomic E-state index is 0.265. The fourth-order valence-corrected chi connectivity index (χ4v) is 3.22. The van der Waals surface area contributed by atoms with Gasteiger partial charge in [0.2, 0.25) is 0 Å². The molecule has 7 nitrogen and oxygen atoms in total. The van der Waals surface area contributed by atoms with Crippen molar-refractivity contribution in [2.24, 2.45) is 0 Å². The molecule has 1 aromatic heterocycles. The van der Waals surface area contributed by atoms with Gasteiger partial charge in [-0.2, -0.15) is 0 Å². The second-order valence-electron chi connectivity index (χ2n) is 6.65. The van der Waals surface area contributed by atoms with Crippen molar-refractivity contribution in [2.75, 3.05) is 26.9 Å². The van der Waals surface area contributed by atoms with Crippen molar-refractivity contribution in [1.82, 2.24) is 9.88 Å². The highest BCUT2D eigenvalue weighted by Crippen LogP contribution is 2.28. The third-order valence-electron chi connectivity index (χ3n) is 4.77. The molecule has 3 rings (SSSR count). The molecule has 2 aromatic carbocycles. The lowest BCUT2D eigenvalue weighted by Crippen LogP contribution is -2.34. The molecule has 0 aliphatic carbocycles. The van der Waals surface area contributed by atoms with E-state index in [9.17, 15) is 9.59 Å². The lowest BCUT2D eigenvalue weighted by Gasteiger charge is -2.21. The number of likely N-dealkylation sites (N-methyl/N-ethyl adjacent to an activating group) is 1. The number of nitrogens with one attached hydrogen (secondary N) is 1. The van der Waals surface area contributed by atoms with Crippen LogP contribution in [-0.4, -0.2) is 48.6 Å². The van der Waals surface area contributed by atoms with E-state index in [2.05, 4.69) is 4.98 Å². The number of hydrogen-bond donors (Lipinski definition) is 1. The van der Waals surface area contributed by atoms with Crippen molar-refractivity contribution < 1.29 is 23.8 Å². The Morgan fingerprint density at radius 2 is 1.87 bits per heavy atom. The van der Waals surface area contributed by atoms with Crippen LogP contribution in [0.5, 0.6) is 11.5 Å². The van der Waals surface area contributed by atoms with E-state index in [0.29, 0.717) is 36.8 Å². The van der Waals surface area contributed by atoms with Gasteiger partial charge in [-0.3, -0.25) is 4.79 Å². The molecule has 0 aliphatic heterocycles. The number of amides is 1. The maximum absolute atomic E-state index is 12.6. The second-order valence-corrected chi connectivity index (χ2v) is 6.65. The van der Waals surface area contributed by atoms with Crippen molar-refractivity contribution >= 4 is 22.8 Å². The number of benzene rings is 2. The fourth-order valence-electron chi connectivity index (χ4n) is 3.22. The van der Waals surface area contributed by atoms with E-state index >= 15 is 0 Å². The van der Waals surface area contributed by atoms with Gasteiger partial charge in [0, 0.05) is 30.2 Å². The molecule has 158 valence electrons. The highest BCUT2D eigenvalue weighted by Gasteiger charge is 2.18. The van der Waals surface area contributed by atoms with Gasteiger partial charge in [-0.1, -0.05) is 24.3 Å². The Morgan fingerprint density at radius 1 is 1.07 bits per heavy atom. The Morgan fingerprint density at radius 3 is 2.60 bits per heavy atom. The van der Waals surface area contributed by atoms with Crippen LogP contribution in [0.3, 0.4) is 0 Å². The van der Waals surface area contributed by atoms with Crippen molar-refractivity contribution in [1.29, 1.82) is 0 Å². The van der Waals surface area contributed by atoms with Crippen LogP contribution < -0.4 is 9.47 Å². The van der Waals surface area contributed by atoms with E-state index in [-0.39, 0.29) is 12.5 Å². The first-order chi connectivity index (χ1) is 14.6. The smallest absolute Gasteiger partial charge is 0.340 e. The van der Waals surface area contributed by atoms with Gasteiger partial charge in [-0.05, 0) is 37.6 Å². The number of aromatic amines is 1. The van der Waals surface area contributed by atoms with Gasteiger partial charge in [0.05, 0.1) is 19.3 Å². The number of aromatic nitrogens is 1. The maximum Gasteiger partial charge on any atom is 0.340 e. The number of hydrogen-bond acceptors (Lipinski definition) is 5. The molecule has 0 aliphatic rings. The molecular formula is C23H26N2O5. The number of H-pyrrole nitrogens is 1. The maximum atomic E-state index is 12.6. The molecule has 1 heterocycles. The first kappa shape index (κ1) is 21.2. The third kappa shape index (κ3) is 4.74. The summed E-state index contributed by atoms with van der Waals surface area (Å²) in [4.78, 5) is 29.7. The van der Waals surface area contributed by atoms with Gasteiger partial charge in [0.15, 0.2) is 18.1 Å². The number of fused-ring (bicyclic) bond motifs is 1. The summed E-state index contributed by atoms with van der Waals surface area (Å²) in [5, 5.41) is 0.767. The average molecular weight is 410 g/mol. The zero-order valence-electron chi connectivity index (χ0n) is 17.4. The number of carbonyl (C=O) groups is 2. The zero-order valence-corrected chi connectivity index (χ0v) is 17.4. The van der Waals surface area contributed by atoms with Crippen LogP contribution in [-0.2, 0) is 16.1 Å². The van der Waals surface area contributed by atoms with Crippen LogP contribution in [0.1, 0.15) is 29.8 Å². The second kappa shape index (κ2) is 9.82. The van der Waals surface area contributed by atoms with E-state index in [4.69, 9.17) is 14.2 Å². The summed E-state index contributed by atoms with van der Waals surface area (Å²) in [5.74, 6) is 0.479. The summed E-state index contributed by atoms with van der Waals surface area (Å²) < 4.78 is 16.2. The number of carbonyl (C=O) groups excluding carboxylic acids is 2. The summed E-state index contributed by atoms with van der Waals surface area (Å²) >= 11 is 0. The molecule has 0 bridgehead atoms. The molecule has 7 heteroatoms. The number of nitrogens with zero attached hydrogens (tertiary/aromatic N) is 1. The lowest BCUT2D eigenvalue weighted by atomic mass is 10.2. The van der Waals surface area contributed by atoms with Crippen LogP contribution in [0.4, 0.5) is 0 Å². The van der Waals surface area contributed by atoms with Crippen LogP contribution in [0.2, 0.25) is 0 Å². The molecule has 0 saturated carbocycles. The molecule has 0 spiro atoms. The molecule has 0 radical (unpaired) electrons. The van der Waals surface area contributed by atoms with E-state index in [1.165, 1.54) is 0 Å². The van der Waals surface area contributed by atoms with E-state index in [1.54, 1.807) is 18.2 Å². The molecule has 0 saturated heterocycles. The SMILES string of the molecule is CCOc1ccc(CN(CC)C(=O)COC(=O)c2c[nH]c3ccccc23)cc1OC. The quantitative estimate of drug-likeness (QED) is 0.543. The minimum atomic E-state index is -0.528. The Kier molecular flexibility index (Phi) is 6.95. The standard InChI is InChI=1S/C23H26N2O5/c1-4-25(14-16-10-11-20(29-5-2)21(12-16)28-3)22(26)15-30-23(27)18-13-24-19-9-7-6-8-17(18)19/h6-13,24H,4-5,14-15H2,1-3H3. The number of rotatable bonds is 9. The number of para-hydroxylation sites is 1. The third-order valence-corrected chi connectivity index (χ3v) is 4.77. The Labute approximate surface area is 175 Å². The summed E-state index contributed by atoms with van der Waals surface area (Å²) in [6.07, 6.45) is 1.60. The van der Waals surface area contributed by atoms with Gasteiger partial charge in [-0.25, -0.2) is 4.79 Å². The Bertz CT molecular complexity index is 1030. The van der Waals surface area contributed by atoms with Crippen molar-refractivity contribution in [3.8, 4) is 11.5 Å². The van der Waals surface area contributed by atoms with Gasteiger partial charge in [0.1, 0.15) is 0 Å². The molecule has 30 heavy (non-hydrogen) atoms. The van der Waals surface area contributed by atoms with Crippen LogP contribution >= 0.6 is 0 Å². The summed E-state index contributed by atoms with van der Waals surface area (Å²) in [6, 6.07) is 13.0. The van der Waals surface area contributed by atoms with Gasteiger partial charge < -0.3 is 24.1 Å². The average Bonchev–Trinajstić information content (AvgIpc) is 3.21. The van der Waals surface area contributed by atoms with Crippen LogP contribution in [0, 0.1) is 0 Å². The summed E-state index contributed by atoms with van der Waals surface area (Å²) in [6.45, 7) is 4.87. The molecule has 0 atom stereocenters. The summed E-state index contributed by atoms with van der Waals surface area (Å²) in [7, 11) is 1.58. The monoisotopic (exact) mass is 410 g/mol. The normalized spacial score (nSPS) is 10.6. The number of ether oxygens (including phenoxy) is 3. The Hall–Kier alpha value is -3.48. The van der Waals surface area contributed by atoms with E-state index < -0.39 is 5.97 Å².